The van der Waals surface area contributed by atoms with Crippen molar-refractivity contribution in [3.05, 3.63) is 54.1 Å². The van der Waals surface area contributed by atoms with E-state index >= 15 is 0 Å². The highest BCUT2D eigenvalue weighted by atomic mass is 16.5. The monoisotopic (exact) mass is 352 g/mol. The van der Waals surface area contributed by atoms with Gasteiger partial charge in [-0.2, -0.15) is 0 Å². The van der Waals surface area contributed by atoms with Gasteiger partial charge in [0.05, 0.1) is 6.61 Å². The van der Waals surface area contributed by atoms with Crippen LogP contribution in [0.4, 0.5) is 5.69 Å². The van der Waals surface area contributed by atoms with E-state index in [4.69, 9.17) is 4.74 Å². The number of benzene rings is 2. The van der Waals surface area contributed by atoms with Crippen LogP contribution < -0.4 is 9.64 Å². The minimum atomic E-state index is -0.00104. The van der Waals surface area contributed by atoms with Crippen LogP contribution in [0.2, 0.25) is 0 Å². The van der Waals surface area contributed by atoms with Gasteiger partial charge in [0.2, 0.25) is 5.91 Å². The van der Waals surface area contributed by atoms with E-state index in [0.29, 0.717) is 6.61 Å². The van der Waals surface area contributed by atoms with Crippen molar-refractivity contribution in [2.24, 2.45) is 5.92 Å². The lowest BCUT2D eigenvalue weighted by molar-refractivity contribution is -0.136. The van der Waals surface area contributed by atoms with Crippen LogP contribution in [0.15, 0.2) is 48.5 Å². The van der Waals surface area contributed by atoms with Crippen molar-refractivity contribution in [2.45, 2.75) is 12.8 Å². The Morgan fingerprint density at radius 1 is 1.00 bits per heavy atom. The molecule has 2 heterocycles. The molecule has 5 heteroatoms. The molecule has 0 radical (unpaired) electrons. The molecule has 0 aromatic heterocycles. The van der Waals surface area contributed by atoms with E-state index < -0.39 is 0 Å². The van der Waals surface area contributed by atoms with E-state index in [2.05, 4.69) is 11.0 Å². The Kier molecular flexibility index (Phi) is 4.69. The quantitative estimate of drug-likeness (QED) is 0.903. The van der Waals surface area contributed by atoms with Gasteiger partial charge in [-0.1, -0.05) is 18.2 Å². The largest absolute Gasteiger partial charge is 0.508 e. The summed E-state index contributed by atoms with van der Waals surface area (Å²) in [6.07, 6.45) is 1.53. The SMILES string of the molecule is O=C([C@@H]1CCOc2ccccc2C1)N1CCN(c2ccc(O)cc2)CC1. The topological polar surface area (TPSA) is 53.0 Å². The molecule has 1 saturated heterocycles. The third-order valence-electron chi connectivity index (χ3n) is 5.32. The van der Waals surface area contributed by atoms with Crippen LogP contribution in [0.5, 0.6) is 11.5 Å². The number of hydrogen-bond donors (Lipinski definition) is 1. The first-order chi connectivity index (χ1) is 12.7. The van der Waals surface area contributed by atoms with Gasteiger partial charge in [0.15, 0.2) is 0 Å². The van der Waals surface area contributed by atoms with E-state index in [1.54, 1.807) is 12.1 Å². The second kappa shape index (κ2) is 7.28. The number of phenols is 1. The van der Waals surface area contributed by atoms with Crippen LogP contribution in [0, 0.1) is 5.92 Å². The van der Waals surface area contributed by atoms with Crippen molar-refractivity contribution in [3.8, 4) is 11.5 Å². The average molecular weight is 352 g/mol. The minimum absolute atomic E-state index is 0.00104. The van der Waals surface area contributed by atoms with E-state index in [1.807, 2.05) is 35.2 Å². The molecule has 2 aromatic rings. The molecule has 1 atom stereocenters. The van der Waals surface area contributed by atoms with Gasteiger partial charge >= 0.3 is 0 Å². The molecule has 136 valence electrons. The van der Waals surface area contributed by atoms with Crippen LogP contribution in [0.25, 0.3) is 0 Å². The van der Waals surface area contributed by atoms with Gasteiger partial charge in [-0.05, 0) is 48.7 Å². The lowest BCUT2D eigenvalue weighted by Gasteiger charge is -2.37. The minimum Gasteiger partial charge on any atom is -0.508 e. The number of phenolic OH excluding ortho intramolecular Hbond substituents is 1. The van der Waals surface area contributed by atoms with Crippen molar-refractivity contribution in [2.75, 3.05) is 37.7 Å². The van der Waals surface area contributed by atoms with Gasteiger partial charge in [-0.3, -0.25) is 4.79 Å². The van der Waals surface area contributed by atoms with Crippen molar-refractivity contribution in [1.29, 1.82) is 0 Å². The van der Waals surface area contributed by atoms with Crippen LogP contribution >= 0.6 is 0 Å². The van der Waals surface area contributed by atoms with E-state index in [0.717, 1.165) is 56.0 Å². The van der Waals surface area contributed by atoms with Gasteiger partial charge in [0.25, 0.3) is 0 Å². The Morgan fingerprint density at radius 3 is 2.50 bits per heavy atom. The summed E-state index contributed by atoms with van der Waals surface area (Å²) in [6.45, 7) is 3.70. The summed E-state index contributed by atoms with van der Waals surface area (Å²) in [5, 5.41) is 9.43. The molecule has 5 nitrogen and oxygen atoms in total. The molecule has 0 unspecified atom stereocenters. The molecule has 2 aromatic carbocycles. The van der Waals surface area contributed by atoms with Crippen LogP contribution in [-0.4, -0.2) is 48.7 Å². The lowest BCUT2D eigenvalue weighted by Crippen LogP contribution is -2.50. The maximum Gasteiger partial charge on any atom is 0.226 e. The molecule has 2 aliphatic heterocycles. The summed E-state index contributed by atoms with van der Waals surface area (Å²) in [4.78, 5) is 17.3. The molecule has 0 bridgehead atoms. The second-order valence-electron chi connectivity index (χ2n) is 6.97. The fourth-order valence-corrected chi connectivity index (χ4v) is 3.81. The number of piperazine rings is 1. The Hall–Kier alpha value is -2.69. The standard InChI is InChI=1S/C21H24N2O3/c24-19-7-5-18(6-8-19)22-10-12-23(13-11-22)21(25)17-9-14-26-20-4-2-1-3-16(20)15-17/h1-8,17,24H,9-15H2/t17-/m1/s1. The predicted octanol–water partition coefficient (Wildman–Crippen LogP) is 2.68. The zero-order chi connectivity index (χ0) is 17.9. The number of para-hydroxylation sites is 1. The molecule has 2 aliphatic rings. The molecule has 0 spiro atoms. The zero-order valence-corrected chi connectivity index (χ0v) is 14.8. The highest BCUT2D eigenvalue weighted by molar-refractivity contribution is 5.79. The highest BCUT2D eigenvalue weighted by Crippen LogP contribution is 2.28. The number of nitrogens with zero attached hydrogens (tertiary/aromatic N) is 2. The maximum absolute atomic E-state index is 13.0. The maximum atomic E-state index is 13.0. The summed E-state index contributed by atoms with van der Waals surface area (Å²) in [5.41, 5.74) is 2.22. The second-order valence-corrected chi connectivity index (χ2v) is 6.97. The molecule has 4 rings (SSSR count). The third-order valence-corrected chi connectivity index (χ3v) is 5.32. The van der Waals surface area contributed by atoms with E-state index in [9.17, 15) is 9.90 Å². The van der Waals surface area contributed by atoms with Crippen molar-refractivity contribution in [3.63, 3.8) is 0 Å². The molecule has 26 heavy (non-hydrogen) atoms. The molecule has 1 fully saturated rings. The normalized spacial score (nSPS) is 20.1. The zero-order valence-electron chi connectivity index (χ0n) is 14.8. The smallest absolute Gasteiger partial charge is 0.226 e. The number of ether oxygens (including phenoxy) is 1. The number of fused-ring (bicyclic) bond motifs is 1. The molecule has 1 N–H and O–H groups in total. The first-order valence-corrected chi connectivity index (χ1v) is 9.24. The van der Waals surface area contributed by atoms with E-state index in [1.165, 1.54) is 0 Å². The molecule has 0 saturated carbocycles. The van der Waals surface area contributed by atoms with Gasteiger partial charge in [-0.25, -0.2) is 0 Å². The number of carbonyl (C=O) groups excluding carboxylic acids is 1. The van der Waals surface area contributed by atoms with Gasteiger partial charge in [0, 0.05) is 37.8 Å². The first kappa shape index (κ1) is 16.8. The number of aromatic hydroxyl groups is 1. The Bertz CT molecular complexity index is 767. The summed E-state index contributed by atoms with van der Waals surface area (Å²) >= 11 is 0. The van der Waals surface area contributed by atoms with Crippen LogP contribution in [0.3, 0.4) is 0 Å². The molecular formula is C21H24N2O3. The Morgan fingerprint density at radius 2 is 1.73 bits per heavy atom. The molecule has 1 amide bonds. The van der Waals surface area contributed by atoms with Gasteiger partial charge < -0.3 is 19.6 Å². The highest BCUT2D eigenvalue weighted by Gasteiger charge is 2.29. The number of amides is 1. The van der Waals surface area contributed by atoms with Crippen LogP contribution in [-0.2, 0) is 11.2 Å². The fraction of sp³-hybridized carbons (Fsp3) is 0.381. The van der Waals surface area contributed by atoms with Crippen molar-refractivity contribution in [1.82, 2.24) is 4.90 Å². The summed E-state index contributed by atoms with van der Waals surface area (Å²) < 4.78 is 5.80. The number of hydrogen-bond acceptors (Lipinski definition) is 4. The van der Waals surface area contributed by atoms with Gasteiger partial charge in [0.1, 0.15) is 11.5 Å². The molecule has 0 aliphatic carbocycles. The predicted molar refractivity (Wildman–Crippen MR) is 101 cm³/mol. The number of carbonyl (C=O) groups is 1. The third kappa shape index (κ3) is 3.47. The van der Waals surface area contributed by atoms with Gasteiger partial charge in [-0.15, -0.1) is 0 Å². The summed E-state index contributed by atoms with van der Waals surface area (Å²) in [6, 6.07) is 15.3. The summed E-state index contributed by atoms with van der Waals surface area (Å²) in [5.74, 6) is 1.44. The summed E-state index contributed by atoms with van der Waals surface area (Å²) in [7, 11) is 0. The number of anilines is 1. The van der Waals surface area contributed by atoms with E-state index in [-0.39, 0.29) is 17.6 Å². The first-order valence-electron chi connectivity index (χ1n) is 9.24. The molecular weight excluding hydrogens is 328 g/mol. The average Bonchev–Trinajstić information content (AvgIpc) is 2.91. The van der Waals surface area contributed by atoms with Crippen LogP contribution in [0.1, 0.15) is 12.0 Å². The fourth-order valence-electron chi connectivity index (χ4n) is 3.81. The number of rotatable bonds is 2. The van der Waals surface area contributed by atoms with Crippen molar-refractivity contribution < 1.29 is 14.6 Å². The Labute approximate surface area is 153 Å². The lowest BCUT2D eigenvalue weighted by atomic mass is 9.95. The Balaban J connectivity index is 1.38. The van der Waals surface area contributed by atoms with Crippen molar-refractivity contribution >= 4 is 11.6 Å².